The molecule has 4 heteroatoms. The van der Waals surface area contributed by atoms with Gasteiger partial charge < -0.3 is 5.32 Å². The molecule has 0 saturated heterocycles. The van der Waals surface area contributed by atoms with Gasteiger partial charge in [-0.1, -0.05) is 35.0 Å². The molecule has 0 radical (unpaired) electrons. The largest absolute Gasteiger partial charge is 0.310 e. The third kappa shape index (κ3) is 3.87. The third-order valence-electron chi connectivity index (χ3n) is 3.32. The van der Waals surface area contributed by atoms with Crippen LogP contribution < -0.4 is 5.32 Å². The number of benzene rings is 1. The summed E-state index contributed by atoms with van der Waals surface area (Å²) in [5.41, 5.74) is 4.51. The summed E-state index contributed by atoms with van der Waals surface area (Å²) in [6, 6.07) is 10.9. The molecule has 0 aliphatic carbocycles. The smallest absolute Gasteiger partial charge is 0.0648 e. The van der Waals surface area contributed by atoms with E-state index in [2.05, 4.69) is 68.7 Å². The number of nitrogens with zero attached hydrogens (tertiary/aromatic N) is 2. The maximum Gasteiger partial charge on any atom is 0.0648 e. The van der Waals surface area contributed by atoms with Crippen molar-refractivity contribution in [1.82, 2.24) is 15.5 Å². The lowest BCUT2D eigenvalue weighted by atomic mass is 9.97. The minimum atomic E-state index is 0.273. The van der Waals surface area contributed by atoms with E-state index < -0.39 is 0 Å². The quantitative estimate of drug-likeness (QED) is 0.905. The molecule has 0 bridgehead atoms. The first kappa shape index (κ1) is 15.1. The third-order valence-corrected chi connectivity index (χ3v) is 3.85. The minimum absolute atomic E-state index is 0.273. The average Bonchev–Trinajstić information content (AvgIpc) is 2.43. The highest BCUT2D eigenvalue weighted by Crippen LogP contribution is 2.22. The second kappa shape index (κ2) is 6.95. The Bertz CT molecular complexity index is 566. The van der Waals surface area contributed by atoms with E-state index in [9.17, 15) is 0 Å². The molecule has 106 valence electrons. The van der Waals surface area contributed by atoms with Gasteiger partial charge in [-0.25, -0.2) is 0 Å². The van der Waals surface area contributed by atoms with E-state index in [4.69, 9.17) is 0 Å². The molecule has 20 heavy (non-hydrogen) atoms. The van der Waals surface area contributed by atoms with Gasteiger partial charge in [-0.15, -0.1) is 0 Å². The van der Waals surface area contributed by atoms with Crippen LogP contribution in [-0.4, -0.2) is 16.7 Å². The van der Waals surface area contributed by atoms with Crippen molar-refractivity contribution in [1.29, 1.82) is 0 Å². The monoisotopic (exact) mass is 333 g/mol. The molecule has 0 spiro atoms. The first-order valence-corrected chi connectivity index (χ1v) is 7.68. The lowest BCUT2D eigenvalue weighted by Gasteiger charge is -2.20. The Kier molecular flexibility index (Phi) is 5.26. The van der Waals surface area contributed by atoms with Crippen molar-refractivity contribution in [2.45, 2.75) is 33.2 Å². The molecule has 0 aliphatic heterocycles. The Morgan fingerprint density at radius 2 is 1.85 bits per heavy atom. The van der Waals surface area contributed by atoms with Crippen molar-refractivity contribution in [3.8, 4) is 0 Å². The number of halogens is 1. The molecule has 1 aromatic heterocycles. The maximum atomic E-state index is 4.24. The highest BCUT2D eigenvalue weighted by Gasteiger charge is 2.15. The van der Waals surface area contributed by atoms with Crippen LogP contribution in [0.1, 0.15) is 35.5 Å². The Hall–Kier alpha value is -1.26. The SMILES string of the molecule is CCNC(Cc1ccc(Br)cc1)c1cc(C)nnc1C. The lowest BCUT2D eigenvalue weighted by Crippen LogP contribution is -2.24. The Morgan fingerprint density at radius 3 is 2.50 bits per heavy atom. The number of hydrogen-bond donors (Lipinski definition) is 1. The van der Waals surface area contributed by atoms with Gasteiger partial charge in [0.25, 0.3) is 0 Å². The van der Waals surface area contributed by atoms with Crippen LogP contribution in [0.2, 0.25) is 0 Å². The molecule has 0 aliphatic rings. The van der Waals surface area contributed by atoms with E-state index in [1.54, 1.807) is 0 Å². The summed E-state index contributed by atoms with van der Waals surface area (Å²) in [5.74, 6) is 0. The van der Waals surface area contributed by atoms with Crippen molar-refractivity contribution < 1.29 is 0 Å². The summed E-state index contributed by atoms with van der Waals surface area (Å²) in [7, 11) is 0. The van der Waals surface area contributed by atoms with Gasteiger partial charge in [0.2, 0.25) is 0 Å². The minimum Gasteiger partial charge on any atom is -0.310 e. The van der Waals surface area contributed by atoms with E-state index in [-0.39, 0.29) is 6.04 Å². The average molecular weight is 334 g/mol. The molecule has 1 N–H and O–H groups in total. The number of hydrogen-bond acceptors (Lipinski definition) is 3. The predicted molar refractivity (Wildman–Crippen MR) is 85.8 cm³/mol. The van der Waals surface area contributed by atoms with Gasteiger partial charge >= 0.3 is 0 Å². The van der Waals surface area contributed by atoms with Crippen molar-refractivity contribution in [2.75, 3.05) is 6.54 Å². The summed E-state index contributed by atoms with van der Waals surface area (Å²) in [6.45, 7) is 7.07. The molecular weight excluding hydrogens is 314 g/mol. The van der Waals surface area contributed by atoms with Gasteiger partial charge in [0.1, 0.15) is 0 Å². The van der Waals surface area contributed by atoms with Crippen LogP contribution in [0, 0.1) is 13.8 Å². The van der Waals surface area contributed by atoms with E-state index in [1.165, 1.54) is 11.1 Å². The van der Waals surface area contributed by atoms with Crippen molar-refractivity contribution in [3.05, 3.63) is 57.3 Å². The molecule has 1 heterocycles. The van der Waals surface area contributed by atoms with Crippen LogP contribution in [0.3, 0.4) is 0 Å². The molecule has 1 atom stereocenters. The van der Waals surface area contributed by atoms with Gasteiger partial charge in [-0.2, -0.15) is 10.2 Å². The number of aryl methyl sites for hydroxylation is 2. The Morgan fingerprint density at radius 1 is 1.15 bits per heavy atom. The fourth-order valence-corrected chi connectivity index (χ4v) is 2.58. The first-order chi connectivity index (χ1) is 9.60. The summed E-state index contributed by atoms with van der Waals surface area (Å²) < 4.78 is 1.11. The summed E-state index contributed by atoms with van der Waals surface area (Å²) in [5, 5.41) is 11.9. The zero-order chi connectivity index (χ0) is 14.5. The maximum absolute atomic E-state index is 4.24. The van der Waals surface area contributed by atoms with Gasteiger partial charge in [0.05, 0.1) is 11.4 Å². The molecule has 2 rings (SSSR count). The van der Waals surface area contributed by atoms with Crippen LogP contribution >= 0.6 is 15.9 Å². The number of likely N-dealkylation sites (N-methyl/N-ethyl adjacent to an activating group) is 1. The molecule has 3 nitrogen and oxygen atoms in total. The van der Waals surface area contributed by atoms with Crippen LogP contribution in [0.25, 0.3) is 0 Å². The molecule has 2 aromatic rings. The number of nitrogens with one attached hydrogen (secondary N) is 1. The van der Waals surface area contributed by atoms with Gasteiger partial charge in [-0.3, -0.25) is 0 Å². The fourth-order valence-electron chi connectivity index (χ4n) is 2.32. The second-order valence-electron chi connectivity index (χ2n) is 4.97. The standard InChI is InChI=1S/C16H20BrN3/c1-4-18-16(10-13-5-7-14(17)8-6-13)15-9-11(2)19-20-12(15)3/h5-9,16,18H,4,10H2,1-3H3. The summed E-state index contributed by atoms with van der Waals surface area (Å²) in [6.07, 6.45) is 0.951. The highest BCUT2D eigenvalue weighted by molar-refractivity contribution is 9.10. The zero-order valence-corrected chi connectivity index (χ0v) is 13.7. The predicted octanol–water partition coefficient (Wildman–Crippen LogP) is 3.75. The molecule has 1 aromatic carbocycles. The van der Waals surface area contributed by atoms with Crippen LogP contribution in [-0.2, 0) is 6.42 Å². The van der Waals surface area contributed by atoms with Gasteiger partial charge in [0.15, 0.2) is 0 Å². The van der Waals surface area contributed by atoms with Crippen LogP contribution in [0.4, 0.5) is 0 Å². The van der Waals surface area contributed by atoms with Crippen molar-refractivity contribution in [2.24, 2.45) is 0 Å². The van der Waals surface area contributed by atoms with Gasteiger partial charge in [-0.05, 0) is 56.1 Å². The molecule has 0 fully saturated rings. The van der Waals surface area contributed by atoms with E-state index in [1.807, 2.05) is 13.8 Å². The summed E-state index contributed by atoms with van der Waals surface area (Å²) in [4.78, 5) is 0. The van der Waals surface area contributed by atoms with E-state index in [0.29, 0.717) is 0 Å². The molecule has 1 unspecified atom stereocenters. The van der Waals surface area contributed by atoms with Crippen molar-refractivity contribution >= 4 is 15.9 Å². The first-order valence-electron chi connectivity index (χ1n) is 6.88. The number of rotatable bonds is 5. The Labute approximate surface area is 129 Å². The highest BCUT2D eigenvalue weighted by atomic mass is 79.9. The van der Waals surface area contributed by atoms with Crippen LogP contribution in [0.15, 0.2) is 34.8 Å². The van der Waals surface area contributed by atoms with Crippen LogP contribution in [0.5, 0.6) is 0 Å². The van der Waals surface area contributed by atoms with E-state index >= 15 is 0 Å². The Balaban J connectivity index is 2.26. The topological polar surface area (TPSA) is 37.8 Å². The van der Waals surface area contributed by atoms with Crippen molar-refractivity contribution in [3.63, 3.8) is 0 Å². The van der Waals surface area contributed by atoms with Gasteiger partial charge in [0, 0.05) is 10.5 Å². The lowest BCUT2D eigenvalue weighted by molar-refractivity contribution is 0.542. The number of aromatic nitrogens is 2. The molecule has 0 saturated carbocycles. The molecule has 0 amide bonds. The summed E-state index contributed by atoms with van der Waals surface area (Å²) >= 11 is 3.47. The van der Waals surface area contributed by atoms with E-state index in [0.717, 1.165) is 28.8 Å². The zero-order valence-electron chi connectivity index (χ0n) is 12.2. The molecular formula is C16H20BrN3. The second-order valence-corrected chi connectivity index (χ2v) is 5.88. The fraction of sp³-hybridized carbons (Fsp3) is 0.375. The normalized spacial score (nSPS) is 12.4.